The van der Waals surface area contributed by atoms with Crippen LogP contribution in [0.25, 0.3) is 10.9 Å². The average Bonchev–Trinajstić information content (AvgIpc) is 3.20. The van der Waals surface area contributed by atoms with Gasteiger partial charge in [0.1, 0.15) is 6.54 Å². The van der Waals surface area contributed by atoms with Crippen molar-refractivity contribution in [3.05, 3.63) is 60.3 Å². The third kappa shape index (κ3) is 5.51. The van der Waals surface area contributed by atoms with Gasteiger partial charge in [-0.05, 0) is 60.2 Å². The largest absolute Gasteiger partial charge is 0.481 e. The predicted octanol–water partition coefficient (Wildman–Crippen LogP) is 4.06. The van der Waals surface area contributed by atoms with E-state index in [1.807, 2.05) is 22.8 Å². The second kappa shape index (κ2) is 9.37. The summed E-state index contributed by atoms with van der Waals surface area (Å²) in [7, 11) is -3.74. The smallest absolute Gasteiger partial charge is 0.306 e. The van der Waals surface area contributed by atoms with Gasteiger partial charge in [-0.3, -0.25) is 14.3 Å². The molecule has 0 radical (unpaired) electrons. The molecule has 0 atom stereocenters. The third-order valence-corrected chi connectivity index (χ3v) is 7.95. The van der Waals surface area contributed by atoms with E-state index < -0.39 is 16.0 Å². The molecule has 0 aliphatic carbocycles. The minimum Gasteiger partial charge on any atom is -0.481 e. The Hall–Kier alpha value is -3.33. The molecule has 1 aromatic heterocycles. The molecule has 2 N–H and O–H groups in total. The molecule has 1 fully saturated rings. The van der Waals surface area contributed by atoms with E-state index >= 15 is 0 Å². The van der Waals surface area contributed by atoms with Gasteiger partial charge in [0.2, 0.25) is 5.91 Å². The molecule has 1 amide bonds. The number of likely N-dealkylation sites (tertiary alicyclic amines) is 1. The number of carboxylic acid groups (broad SMARTS) is 1. The molecule has 1 saturated heterocycles. The van der Waals surface area contributed by atoms with Crippen LogP contribution in [0, 0.1) is 5.92 Å². The van der Waals surface area contributed by atoms with Crippen molar-refractivity contribution < 1.29 is 23.1 Å². The van der Waals surface area contributed by atoms with Gasteiger partial charge in [-0.15, -0.1) is 0 Å². The summed E-state index contributed by atoms with van der Waals surface area (Å²) in [6.07, 6.45) is 2.74. The van der Waals surface area contributed by atoms with E-state index in [0.29, 0.717) is 31.6 Å². The summed E-state index contributed by atoms with van der Waals surface area (Å²) < 4.78 is 30.2. The Morgan fingerprint density at radius 2 is 1.69 bits per heavy atom. The number of fused-ring (bicyclic) bond motifs is 1. The molecule has 186 valence electrons. The van der Waals surface area contributed by atoms with E-state index in [4.69, 9.17) is 5.11 Å². The van der Waals surface area contributed by atoms with Crippen molar-refractivity contribution in [1.82, 2.24) is 9.47 Å². The fraction of sp³-hybridized carbons (Fsp3) is 0.385. The van der Waals surface area contributed by atoms with E-state index in [1.54, 1.807) is 41.4 Å². The maximum Gasteiger partial charge on any atom is 0.306 e. The first kappa shape index (κ1) is 24.8. The summed E-state index contributed by atoms with van der Waals surface area (Å²) in [4.78, 5) is 25.8. The molecule has 2 heterocycles. The summed E-state index contributed by atoms with van der Waals surface area (Å²) >= 11 is 0. The van der Waals surface area contributed by atoms with Crippen LogP contribution in [-0.2, 0) is 31.6 Å². The standard InChI is InChI=1S/C26H31N3O5S/c1-26(2,3)20-4-7-22(8-5-20)35(33,34)27-21-6-9-23-19(16-21)12-15-29(23)17-24(30)28-13-10-18(11-14-28)25(31)32/h4-9,12,15-16,18,27H,10-11,13-14,17H2,1-3H3,(H,31,32). The number of nitrogens with one attached hydrogen (secondary N) is 1. The number of aromatic nitrogens is 1. The van der Waals surface area contributed by atoms with E-state index in [9.17, 15) is 18.0 Å². The topological polar surface area (TPSA) is 109 Å². The number of hydrogen-bond acceptors (Lipinski definition) is 4. The van der Waals surface area contributed by atoms with Crippen molar-refractivity contribution in [2.75, 3.05) is 17.8 Å². The Bertz CT molecular complexity index is 1350. The predicted molar refractivity (Wildman–Crippen MR) is 135 cm³/mol. The molecule has 0 bridgehead atoms. The molecular formula is C26H31N3O5S. The number of aliphatic carboxylic acids is 1. The number of anilines is 1. The highest BCUT2D eigenvalue weighted by Crippen LogP contribution is 2.26. The maximum atomic E-state index is 12.9. The molecule has 3 aromatic rings. The third-order valence-electron chi connectivity index (χ3n) is 6.56. The van der Waals surface area contributed by atoms with Crippen LogP contribution in [0.5, 0.6) is 0 Å². The average molecular weight is 498 g/mol. The molecular weight excluding hydrogens is 466 g/mol. The van der Waals surface area contributed by atoms with Gasteiger partial charge in [0.25, 0.3) is 10.0 Å². The first-order chi connectivity index (χ1) is 16.4. The first-order valence-corrected chi connectivity index (χ1v) is 13.2. The zero-order valence-electron chi connectivity index (χ0n) is 20.2. The van der Waals surface area contributed by atoms with Crippen LogP contribution in [0.1, 0.15) is 39.2 Å². The van der Waals surface area contributed by atoms with Gasteiger partial charge in [0.15, 0.2) is 0 Å². The van der Waals surface area contributed by atoms with Gasteiger partial charge in [-0.1, -0.05) is 32.9 Å². The molecule has 8 nitrogen and oxygen atoms in total. The molecule has 1 aliphatic heterocycles. The zero-order chi connectivity index (χ0) is 25.4. The lowest BCUT2D eigenvalue weighted by Crippen LogP contribution is -2.41. The van der Waals surface area contributed by atoms with Crippen molar-refractivity contribution in [3.8, 4) is 0 Å². The van der Waals surface area contributed by atoms with Crippen molar-refractivity contribution >= 4 is 38.5 Å². The normalized spacial score (nSPS) is 15.3. The minimum atomic E-state index is -3.74. The minimum absolute atomic E-state index is 0.0604. The molecule has 0 saturated carbocycles. The monoisotopic (exact) mass is 497 g/mol. The number of amides is 1. The highest BCUT2D eigenvalue weighted by molar-refractivity contribution is 7.92. The highest BCUT2D eigenvalue weighted by atomic mass is 32.2. The lowest BCUT2D eigenvalue weighted by atomic mass is 9.87. The quantitative estimate of drug-likeness (QED) is 0.534. The molecule has 1 aliphatic rings. The molecule has 9 heteroatoms. The fourth-order valence-corrected chi connectivity index (χ4v) is 5.42. The van der Waals surface area contributed by atoms with Crippen LogP contribution in [-0.4, -0.2) is 48.0 Å². The number of hydrogen-bond donors (Lipinski definition) is 2. The summed E-state index contributed by atoms with van der Waals surface area (Å²) in [5.74, 6) is -1.25. The first-order valence-electron chi connectivity index (χ1n) is 11.7. The van der Waals surface area contributed by atoms with Crippen LogP contribution >= 0.6 is 0 Å². The van der Waals surface area contributed by atoms with Crippen molar-refractivity contribution in [2.24, 2.45) is 5.92 Å². The Morgan fingerprint density at radius 3 is 2.29 bits per heavy atom. The molecule has 0 spiro atoms. The number of benzene rings is 2. The van der Waals surface area contributed by atoms with Crippen LogP contribution in [0.15, 0.2) is 59.6 Å². The van der Waals surface area contributed by atoms with Gasteiger partial charge in [-0.25, -0.2) is 8.42 Å². The summed E-state index contributed by atoms with van der Waals surface area (Å²) in [5.41, 5.74) is 2.25. The number of nitrogens with zero attached hydrogens (tertiary/aromatic N) is 2. The SMILES string of the molecule is CC(C)(C)c1ccc(S(=O)(=O)Nc2ccc3c(ccn3CC(=O)N3CCC(C(=O)O)CC3)c2)cc1. The molecule has 35 heavy (non-hydrogen) atoms. The van der Waals surface area contributed by atoms with Gasteiger partial charge >= 0.3 is 5.97 Å². The number of rotatable bonds is 6. The number of carbonyl (C=O) groups excluding carboxylic acids is 1. The second-order valence-corrected chi connectivity index (χ2v) is 11.8. The van der Waals surface area contributed by atoms with Gasteiger partial charge in [-0.2, -0.15) is 0 Å². The van der Waals surface area contributed by atoms with Crippen LogP contribution < -0.4 is 4.72 Å². The number of sulfonamides is 1. The van der Waals surface area contributed by atoms with E-state index in [-0.39, 0.29) is 28.7 Å². The van der Waals surface area contributed by atoms with Gasteiger partial charge in [0.05, 0.1) is 10.8 Å². The Labute approximate surface area is 205 Å². The number of carboxylic acids is 1. The summed E-state index contributed by atoms with van der Waals surface area (Å²) in [5, 5.41) is 9.95. The maximum absolute atomic E-state index is 12.9. The number of carbonyl (C=O) groups is 2. The van der Waals surface area contributed by atoms with E-state index in [2.05, 4.69) is 25.5 Å². The Morgan fingerprint density at radius 1 is 1.03 bits per heavy atom. The Balaban J connectivity index is 1.45. The second-order valence-electron chi connectivity index (χ2n) is 10.1. The molecule has 4 rings (SSSR count). The highest BCUT2D eigenvalue weighted by Gasteiger charge is 2.27. The van der Waals surface area contributed by atoms with Crippen LogP contribution in [0.2, 0.25) is 0 Å². The van der Waals surface area contributed by atoms with Crippen LogP contribution in [0.3, 0.4) is 0 Å². The zero-order valence-corrected chi connectivity index (χ0v) is 21.0. The lowest BCUT2D eigenvalue weighted by Gasteiger charge is -2.30. The molecule has 0 unspecified atom stereocenters. The van der Waals surface area contributed by atoms with Gasteiger partial charge < -0.3 is 14.6 Å². The fourth-order valence-electron chi connectivity index (χ4n) is 4.37. The summed E-state index contributed by atoms with van der Waals surface area (Å²) in [6, 6.07) is 14.0. The van der Waals surface area contributed by atoms with E-state index in [0.717, 1.165) is 16.5 Å². The van der Waals surface area contributed by atoms with Crippen LogP contribution in [0.4, 0.5) is 5.69 Å². The van der Waals surface area contributed by atoms with Crippen molar-refractivity contribution in [3.63, 3.8) is 0 Å². The lowest BCUT2D eigenvalue weighted by molar-refractivity contribution is -0.145. The van der Waals surface area contributed by atoms with Crippen molar-refractivity contribution in [2.45, 2.75) is 50.5 Å². The van der Waals surface area contributed by atoms with E-state index in [1.165, 1.54) is 0 Å². The Kier molecular flexibility index (Phi) is 6.64. The van der Waals surface area contributed by atoms with Gasteiger partial charge in [0, 0.05) is 35.9 Å². The molecule has 2 aromatic carbocycles. The number of piperidine rings is 1. The van der Waals surface area contributed by atoms with Crippen molar-refractivity contribution in [1.29, 1.82) is 0 Å². The summed E-state index contributed by atoms with van der Waals surface area (Å²) in [6.45, 7) is 7.25.